The van der Waals surface area contributed by atoms with Gasteiger partial charge in [0.1, 0.15) is 0 Å². The summed E-state index contributed by atoms with van der Waals surface area (Å²) in [5.41, 5.74) is 0.147. The summed E-state index contributed by atoms with van der Waals surface area (Å²) in [7, 11) is 0. The molecule has 0 bridgehead atoms. The fourth-order valence-electron chi connectivity index (χ4n) is 3.41. The lowest BCUT2D eigenvalue weighted by molar-refractivity contribution is 0.399. The number of nitrogens with one attached hydrogen (secondary N) is 1. The quantitative estimate of drug-likeness (QED) is 0.907. The standard InChI is InChI=1S/C15H25N3O/c1-15(2,3)16-9-8-12-17-18-14(19-12)13-10-6-4-5-7-11(10)13/h10-11,13,16H,4-9H2,1-3H3. The summed E-state index contributed by atoms with van der Waals surface area (Å²) in [6.45, 7) is 7.39. The minimum atomic E-state index is 0.147. The fraction of sp³-hybridized carbons (Fsp3) is 0.867. The van der Waals surface area contributed by atoms with Crippen LogP contribution in [0.5, 0.6) is 0 Å². The van der Waals surface area contributed by atoms with E-state index >= 15 is 0 Å². The molecule has 19 heavy (non-hydrogen) atoms. The van der Waals surface area contributed by atoms with Crippen LogP contribution in [0, 0.1) is 11.8 Å². The molecule has 0 aromatic carbocycles. The van der Waals surface area contributed by atoms with Crippen LogP contribution < -0.4 is 5.32 Å². The lowest BCUT2D eigenvalue weighted by atomic mass is 10.0. The van der Waals surface area contributed by atoms with E-state index in [0.29, 0.717) is 5.92 Å². The van der Waals surface area contributed by atoms with Gasteiger partial charge in [0.05, 0.1) is 0 Å². The largest absolute Gasteiger partial charge is 0.425 e. The Morgan fingerprint density at radius 2 is 1.84 bits per heavy atom. The van der Waals surface area contributed by atoms with Crippen molar-refractivity contribution in [2.24, 2.45) is 11.8 Å². The van der Waals surface area contributed by atoms with E-state index in [-0.39, 0.29) is 5.54 Å². The molecule has 0 spiro atoms. The minimum absolute atomic E-state index is 0.147. The number of aromatic nitrogens is 2. The highest BCUT2D eigenvalue weighted by Gasteiger charge is 2.54. The van der Waals surface area contributed by atoms with Crippen LogP contribution in [0.3, 0.4) is 0 Å². The second kappa shape index (κ2) is 4.89. The summed E-state index contributed by atoms with van der Waals surface area (Å²) in [5.74, 6) is 3.96. The molecule has 2 unspecified atom stereocenters. The van der Waals surface area contributed by atoms with Gasteiger partial charge in [0.25, 0.3) is 0 Å². The minimum Gasteiger partial charge on any atom is -0.425 e. The molecule has 3 rings (SSSR count). The van der Waals surface area contributed by atoms with Gasteiger partial charge in [-0.05, 0) is 45.4 Å². The summed E-state index contributed by atoms with van der Waals surface area (Å²) in [6.07, 6.45) is 6.31. The maximum absolute atomic E-state index is 5.85. The molecule has 2 aliphatic rings. The van der Waals surface area contributed by atoms with Gasteiger partial charge >= 0.3 is 0 Å². The van der Waals surface area contributed by atoms with Gasteiger partial charge in [-0.3, -0.25) is 0 Å². The maximum atomic E-state index is 5.85. The van der Waals surface area contributed by atoms with E-state index in [2.05, 4.69) is 36.3 Å². The fourth-order valence-corrected chi connectivity index (χ4v) is 3.41. The second-order valence-electron chi connectivity index (χ2n) is 7.10. The van der Waals surface area contributed by atoms with E-state index in [1.165, 1.54) is 25.7 Å². The Balaban J connectivity index is 1.53. The first-order chi connectivity index (χ1) is 9.04. The van der Waals surface area contributed by atoms with Gasteiger partial charge in [-0.15, -0.1) is 10.2 Å². The predicted molar refractivity (Wildman–Crippen MR) is 73.9 cm³/mol. The number of hydrogen-bond donors (Lipinski definition) is 1. The average molecular weight is 263 g/mol. The van der Waals surface area contributed by atoms with Crippen LogP contribution in [-0.4, -0.2) is 22.3 Å². The Labute approximate surface area is 115 Å². The van der Waals surface area contributed by atoms with E-state index in [9.17, 15) is 0 Å². The SMILES string of the molecule is CC(C)(C)NCCc1nnc(C2C3CCCCC32)o1. The molecule has 0 radical (unpaired) electrons. The summed E-state index contributed by atoms with van der Waals surface area (Å²) in [4.78, 5) is 0. The van der Waals surface area contributed by atoms with Gasteiger partial charge in [-0.1, -0.05) is 12.8 Å². The van der Waals surface area contributed by atoms with Crippen molar-refractivity contribution in [1.29, 1.82) is 0 Å². The molecule has 4 heteroatoms. The molecule has 1 aromatic rings. The summed E-state index contributed by atoms with van der Waals surface area (Å²) in [5, 5.41) is 11.9. The van der Waals surface area contributed by atoms with Gasteiger partial charge in [0, 0.05) is 24.4 Å². The van der Waals surface area contributed by atoms with E-state index < -0.39 is 0 Å². The number of hydrogen-bond acceptors (Lipinski definition) is 4. The normalized spacial score (nSPS) is 30.2. The van der Waals surface area contributed by atoms with Crippen molar-refractivity contribution in [3.63, 3.8) is 0 Å². The molecular weight excluding hydrogens is 238 g/mol. The van der Waals surface area contributed by atoms with Crippen molar-refractivity contribution in [2.75, 3.05) is 6.54 Å². The average Bonchev–Trinajstić information content (AvgIpc) is 2.90. The van der Waals surface area contributed by atoms with Crippen molar-refractivity contribution in [1.82, 2.24) is 15.5 Å². The van der Waals surface area contributed by atoms with Crippen molar-refractivity contribution in [3.8, 4) is 0 Å². The Kier molecular flexibility index (Phi) is 3.37. The molecule has 2 fully saturated rings. The van der Waals surface area contributed by atoms with Crippen LogP contribution in [0.1, 0.15) is 64.2 Å². The van der Waals surface area contributed by atoms with Gasteiger partial charge in [0.2, 0.25) is 11.8 Å². The van der Waals surface area contributed by atoms with Gasteiger partial charge in [-0.25, -0.2) is 0 Å². The number of rotatable bonds is 4. The van der Waals surface area contributed by atoms with Crippen molar-refractivity contribution >= 4 is 0 Å². The zero-order chi connectivity index (χ0) is 13.5. The van der Waals surface area contributed by atoms with Crippen molar-refractivity contribution in [3.05, 3.63) is 11.8 Å². The third-order valence-corrected chi connectivity index (χ3v) is 4.42. The maximum Gasteiger partial charge on any atom is 0.220 e. The van der Waals surface area contributed by atoms with Gasteiger partial charge in [0.15, 0.2) is 0 Å². The van der Waals surface area contributed by atoms with E-state index in [4.69, 9.17) is 4.42 Å². The van der Waals surface area contributed by atoms with Crippen molar-refractivity contribution < 1.29 is 4.42 Å². The third kappa shape index (κ3) is 2.99. The molecule has 0 amide bonds. The molecule has 2 saturated carbocycles. The zero-order valence-electron chi connectivity index (χ0n) is 12.3. The monoisotopic (exact) mass is 263 g/mol. The first-order valence-corrected chi connectivity index (χ1v) is 7.62. The van der Waals surface area contributed by atoms with Gasteiger partial charge in [-0.2, -0.15) is 0 Å². The molecule has 1 aromatic heterocycles. The number of nitrogens with zero attached hydrogens (tertiary/aromatic N) is 2. The van der Waals surface area contributed by atoms with Crippen LogP contribution >= 0.6 is 0 Å². The van der Waals surface area contributed by atoms with E-state index in [1.54, 1.807) is 0 Å². The molecular formula is C15H25N3O. The zero-order valence-corrected chi connectivity index (χ0v) is 12.3. The Bertz CT molecular complexity index is 423. The van der Waals surface area contributed by atoms with Crippen LogP contribution in [0.15, 0.2) is 4.42 Å². The molecule has 2 atom stereocenters. The highest BCUT2D eigenvalue weighted by Crippen LogP contribution is 2.60. The highest BCUT2D eigenvalue weighted by molar-refractivity contribution is 5.14. The Morgan fingerprint density at radius 1 is 1.16 bits per heavy atom. The molecule has 0 saturated heterocycles. The van der Waals surface area contributed by atoms with E-state index in [0.717, 1.165) is 36.6 Å². The first-order valence-electron chi connectivity index (χ1n) is 7.62. The van der Waals surface area contributed by atoms with Crippen LogP contribution in [0.2, 0.25) is 0 Å². The highest BCUT2D eigenvalue weighted by atomic mass is 16.4. The van der Waals surface area contributed by atoms with Gasteiger partial charge < -0.3 is 9.73 Å². The lowest BCUT2D eigenvalue weighted by Gasteiger charge is -2.19. The third-order valence-electron chi connectivity index (χ3n) is 4.42. The Morgan fingerprint density at radius 3 is 2.47 bits per heavy atom. The van der Waals surface area contributed by atoms with Crippen LogP contribution in [0.25, 0.3) is 0 Å². The lowest BCUT2D eigenvalue weighted by Crippen LogP contribution is -2.37. The first kappa shape index (κ1) is 13.1. The predicted octanol–water partition coefficient (Wildman–Crippen LogP) is 2.90. The van der Waals surface area contributed by atoms with Crippen LogP contribution in [-0.2, 0) is 6.42 Å². The second-order valence-corrected chi connectivity index (χ2v) is 7.10. The smallest absolute Gasteiger partial charge is 0.220 e. The molecule has 106 valence electrons. The number of fused-ring (bicyclic) bond motifs is 1. The molecule has 4 nitrogen and oxygen atoms in total. The summed E-state index contributed by atoms with van der Waals surface area (Å²) in [6, 6.07) is 0. The topological polar surface area (TPSA) is 51.0 Å². The van der Waals surface area contributed by atoms with Crippen molar-refractivity contribution in [2.45, 2.75) is 64.3 Å². The summed E-state index contributed by atoms with van der Waals surface area (Å²) < 4.78 is 5.85. The molecule has 1 heterocycles. The molecule has 2 aliphatic carbocycles. The molecule has 0 aliphatic heterocycles. The molecule has 1 N–H and O–H groups in total. The Hall–Kier alpha value is -0.900. The van der Waals surface area contributed by atoms with E-state index in [1.807, 2.05) is 0 Å². The van der Waals surface area contributed by atoms with Crippen LogP contribution in [0.4, 0.5) is 0 Å². The summed E-state index contributed by atoms with van der Waals surface area (Å²) >= 11 is 0.